The summed E-state index contributed by atoms with van der Waals surface area (Å²) in [4.78, 5) is 11.9. The fourth-order valence-electron chi connectivity index (χ4n) is 2.84. The first-order chi connectivity index (χ1) is 13.3. The van der Waals surface area contributed by atoms with Crippen molar-refractivity contribution in [2.24, 2.45) is 0 Å². The summed E-state index contributed by atoms with van der Waals surface area (Å²) in [6.45, 7) is 6.09. The Morgan fingerprint density at radius 2 is 1.96 bits per heavy atom. The highest BCUT2D eigenvalue weighted by Gasteiger charge is 2.37. The van der Waals surface area contributed by atoms with Crippen LogP contribution in [0.2, 0.25) is 0 Å². The third-order valence-corrected chi connectivity index (χ3v) is 4.32. The van der Waals surface area contributed by atoms with E-state index < -0.39 is 24.0 Å². The van der Waals surface area contributed by atoms with E-state index in [1.807, 2.05) is 36.4 Å². The molecule has 7 heteroatoms. The molecule has 1 heterocycles. The molecule has 1 aromatic heterocycles. The molecule has 0 fully saturated rings. The van der Waals surface area contributed by atoms with Gasteiger partial charge in [0.1, 0.15) is 11.9 Å². The second kappa shape index (κ2) is 7.80. The highest BCUT2D eigenvalue weighted by Crippen LogP contribution is 2.30. The molecule has 0 bridgehead atoms. The van der Waals surface area contributed by atoms with Gasteiger partial charge >= 0.3 is 5.92 Å². The van der Waals surface area contributed by atoms with E-state index in [1.165, 1.54) is 0 Å². The Morgan fingerprint density at radius 1 is 1.25 bits per heavy atom. The largest absolute Gasteiger partial charge is 0.483 e. The number of aromatic amines is 1. The zero-order valence-electron chi connectivity index (χ0n) is 15.6. The van der Waals surface area contributed by atoms with Gasteiger partial charge in [0.15, 0.2) is 0 Å². The molecule has 0 radical (unpaired) electrons. The lowest BCUT2D eigenvalue weighted by Gasteiger charge is -2.30. The molecule has 146 valence electrons. The summed E-state index contributed by atoms with van der Waals surface area (Å²) in [7, 11) is 0. The van der Waals surface area contributed by atoms with Gasteiger partial charge in [0.05, 0.1) is 17.8 Å². The van der Waals surface area contributed by atoms with E-state index >= 15 is 0 Å². The van der Waals surface area contributed by atoms with E-state index in [0.717, 1.165) is 16.5 Å². The number of hydrogen-bond acceptors (Lipinski definition) is 3. The lowest BCUT2D eigenvalue weighted by Crippen LogP contribution is -2.47. The van der Waals surface area contributed by atoms with Crippen LogP contribution in [-0.2, 0) is 4.79 Å². The lowest BCUT2D eigenvalue weighted by molar-refractivity contribution is -0.144. The van der Waals surface area contributed by atoms with Crippen molar-refractivity contribution in [1.82, 2.24) is 15.5 Å². The third-order valence-electron chi connectivity index (χ3n) is 4.32. The van der Waals surface area contributed by atoms with Gasteiger partial charge in [-0.3, -0.25) is 9.89 Å². The van der Waals surface area contributed by atoms with Crippen LogP contribution in [0.15, 0.2) is 66.9 Å². The molecule has 2 atom stereocenters. The molecule has 0 aliphatic rings. The van der Waals surface area contributed by atoms with Gasteiger partial charge in [-0.2, -0.15) is 13.9 Å². The number of halogens is 2. The SMILES string of the molecule is C=C(C)[C@H](NC(=O)C(C)(F)F)[C@H](Oc1ccc2[nH]ncc2c1)c1ccccc1. The van der Waals surface area contributed by atoms with Crippen LogP contribution >= 0.6 is 0 Å². The number of rotatable bonds is 7. The second-order valence-corrected chi connectivity index (χ2v) is 6.75. The van der Waals surface area contributed by atoms with E-state index in [2.05, 4.69) is 22.1 Å². The maximum atomic E-state index is 13.5. The molecule has 0 saturated carbocycles. The highest BCUT2D eigenvalue weighted by atomic mass is 19.3. The van der Waals surface area contributed by atoms with Crippen molar-refractivity contribution in [2.75, 3.05) is 0 Å². The Labute approximate surface area is 161 Å². The Kier molecular flexibility index (Phi) is 5.44. The minimum atomic E-state index is -3.51. The maximum absolute atomic E-state index is 13.5. The summed E-state index contributed by atoms with van der Waals surface area (Å²) in [5, 5.41) is 10.1. The Bertz CT molecular complexity index is 980. The molecule has 2 aromatic carbocycles. The number of carbonyl (C=O) groups is 1. The van der Waals surface area contributed by atoms with Crippen LogP contribution in [0.4, 0.5) is 8.78 Å². The van der Waals surface area contributed by atoms with Gasteiger partial charge in [0.25, 0.3) is 5.91 Å². The number of nitrogens with one attached hydrogen (secondary N) is 2. The number of benzene rings is 2. The Hall–Kier alpha value is -3.22. The van der Waals surface area contributed by atoms with E-state index in [4.69, 9.17) is 4.74 Å². The number of fused-ring (bicyclic) bond motifs is 1. The van der Waals surface area contributed by atoms with E-state index in [9.17, 15) is 13.6 Å². The van der Waals surface area contributed by atoms with Gasteiger partial charge < -0.3 is 10.1 Å². The van der Waals surface area contributed by atoms with Gasteiger partial charge in [-0.1, -0.05) is 42.5 Å². The molecule has 0 unspecified atom stereocenters. The molecule has 0 aliphatic carbocycles. The monoisotopic (exact) mass is 385 g/mol. The minimum absolute atomic E-state index is 0.496. The van der Waals surface area contributed by atoms with Crippen molar-refractivity contribution in [1.29, 1.82) is 0 Å². The molecule has 0 aliphatic heterocycles. The predicted octanol–water partition coefficient (Wildman–Crippen LogP) is 4.40. The first-order valence-corrected chi connectivity index (χ1v) is 8.74. The van der Waals surface area contributed by atoms with Crippen LogP contribution in [0.1, 0.15) is 25.5 Å². The van der Waals surface area contributed by atoms with E-state index in [-0.39, 0.29) is 0 Å². The number of nitrogens with zero attached hydrogens (tertiary/aromatic N) is 1. The van der Waals surface area contributed by atoms with Crippen molar-refractivity contribution < 1.29 is 18.3 Å². The zero-order chi connectivity index (χ0) is 20.3. The Morgan fingerprint density at radius 3 is 2.61 bits per heavy atom. The van der Waals surface area contributed by atoms with Crippen LogP contribution in [0.5, 0.6) is 5.75 Å². The molecule has 28 heavy (non-hydrogen) atoms. The maximum Gasteiger partial charge on any atom is 0.321 e. The van der Waals surface area contributed by atoms with Gasteiger partial charge in [0, 0.05) is 12.3 Å². The molecule has 5 nitrogen and oxygen atoms in total. The van der Waals surface area contributed by atoms with Crippen LogP contribution in [0.25, 0.3) is 10.9 Å². The minimum Gasteiger partial charge on any atom is -0.483 e. The third kappa shape index (κ3) is 4.36. The summed E-state index contributed by atoms with van der Waals surface area (Å²) in [6.07, 6.45) is 0.921. The van der Waals surface area contributed by atoms with Crippen LogP contribution in [0.3, 0.4) is 0 Å². The molecule has 0 spiro atoms. The molecule has 2 N–H and O–H groups in total. The number of H-pyrrole nitrogens is 1. The average Bonchev–Trinajstić information content (AvgIpc) is 3.12. The standard InChI is InChI=1S/C21H21F2N3O2/c1-13(2)18(25-20(27)21(3,22)23)19(14-7-5-4-6-8-14)28-16-9-10-17-15(11-16)12-24-26-17/h4-12,18-19H,1H2,2-3H3,(H,24,26)(H,25,27)/t18-,19+/m0/s1. The first kappa shape index (κ1) is 19.5. The fourth-order valence-corrected chi connectivity index (χ4v) is 2.84. The van der Waals surface area contributed by atoms with Gasteiger partial charge in [-0.25, -0.2) is 0 Å². The van der Waals surface area contributed by atoms with Crippen molar-refractivity contribution >= 4 is 16.8 Å². The summed E-state index contributed by atoms with van der Waals surface area (Å²) < 4.78 is 33.1. The van der Waals surface area contributed by atoms with E-state index in [1.54, 1.807) is 25.3 Å². The number of ether oxygens (including phenoxy) is 1. The number of carbonyl (C=O) groups excluding carboxylic acids is 1. The molecule has 3 aromatic rings. The summed E-state index contributed by atoms with van der Waals surface area (Å²) in [5.41, 5.74) is 2.07. The van der Waals surface area contributed by atoms with Crippen molar-refractivity contribution in [2.45, 2.75) is 31.9 Å². The topological polar surface area (TPSA) is 67.0 Å². The molecule has 1 amide bonds. The van der Waals surface area contributed by atoms with E-state index in [0.29, 0.717) is 18.2 Å². The first-order valence-electron chi connectivity index (χ1n) is 8.74. The van der Waals surface area contributed by atoms with Crippen molar-refractivity contribution in [3.63, 3.8) is 0 Å². The van der Waals surface area contributed by atoms with Gasteiger partial charge in [0.2, 0.25) is 0 Å². The number of amides is 1. The second-order valence-electron chi connectivity index (χ2n) is 6.75. The summed E-state index contributed by atoms with van der Waals surface area (Å²) in [5.74, 6) is -4.37. The predicted molar refractivity (Wildman–Crippen MR) is 103 cm³/mol. The van der Waals surface area contributed by atoms with Crippen LogP contribution < -0.4 is 10.1 Å². The molecular weight excluding hydrogens is 364 g/mol. The smallest absolute Gasteiger partial charge is 0.321 e. The van der Waals surface area contributed by atoms with Crippen molar-refractivity contribution in [3.05, 3.63) is 72.4 Å². The number of hydrogen-bond donors (Lipinski definition) is 2. The fraction of sp³-hybridized carbons (Fsp3) is 0.238. The quantitative estimate of drug-likeness (QED) is 0.593. The molecule has 0 saturated heterocycles. The molecule has 3 rings (SSSR count). The van der Waals surface area contributed by atoms with Gasteiger partial charge in [-0.05, 0) is 30.7 Å². The summed E-state index contributed by atoms with van der Waals surface area (Å²) >= 11 is 0. The summed E-state index contributed by atoms with van der Waals surface area (Å²) in [6, 6.07) is 13.6. The van der Waals surface area contributed by atoms with Crippen LogP contribution in [-0.4, -0.2) is 28.1 Å². The molecular formula is C21H21F2N3O2. The van der Waals surface area contributed by atoms with Crippen LogP contribution in [0, 0.1) is 0 Å². The number of aromatic nitrogens is 2. The highest BCUT2D eigenvalue weighted by molar-refractivity contribution is 5.83. The Balaban J connectivity index is 1.97. The average molecular weight is 385 g/mol. The number of alkyl halides is 2. The van der Waals surface area contributed by atoms with Gasteiger partial charge in [-0.15, -0.1) is 0 Å². The normalized spacial score (nSPS) is 13.7. The van der Waals surface area contributed by atoms with Crippen molar-refractivity contribution in [3.8, 4) is 5.75 Å². The zero-order valence-corrected chi connectivity index (χ0v) is 15.6. The lowest BCUT2D eigenvalue weighted by atomic mass is 9.96.